The Hall–Kier alpha value is -2.05. The highest BCUT2D eigenvalue weighted by Crippen LogP contribution is 2.23. The predicted octanol–water partition coefficient (Wildman–Crippen LogP) is 0.764. The van der Waals surface area contributed by atoms with Crippen molar-refractivity contribution in [2.75, 3.05) is 44.8 Å². The number of rotatable bonds is 3. The molecule has 0 spiro atoms. The number of piperazine rings is 1. The number of nitrogens with zero attached hydrogens (tertiary/aromatic N) is 4. The van der Waals surface area contributed by atoms with Gasteiger partial charge in [0, 0.05) is 38.6 Å². The van der Waals surface area contributed by atoms with E-state index in [1.165, 1.54) is 0 Å². The number of hydrogen-bond donors (Lipinski definition) is 0. The van der Waals surface area contributed by atoms with E-state index >= 15 is 0 Å². The van der Waals surface area contributed by atoms with Crippen molar-refractivity contribution >= 4 is 11.9 Å². The highest BCUT2D eigenvalue weighted by atomic mass is 16.6. The Labute approximate surface area is 112 Å². The van der Waals surface area contributed by atoms with Crippen LogP contribution in [0.4, 0.5) is 10.6 Å². The van der Waals surface area contributed by atoms with Crippen LogP contribution in [0.1, 0.15) is 6.92 Å². The minimum absolute atomic E-state index is 0.256. The third-order valence-corrected chi connectivity index (χ3v) is 2.95. The molecule has 0 aliphatic carbocycles. The zero-order valence-electron chi connectivity index (χ0n) is 11.2. The largest absolute Gasteiger partial charge is 0.478 e. The van der Waals surface area contributed by atoms with E-state index in [0.717, 1.165) is 0 Å². The second kappa shape index (κ2) is 6.21. The van der Waals surface area contributed by atoms with Crippen molar-refractivity contribution in [1.82, 2.24) is 14.9 Å². The van der Waals surface area contributed by atoms with Crippen LogP contribution in [0.2, 0.25) is 0 Å². The first-order chi connectivity index (χ1) is 9.26. The first-order valence-electron chi connectivity index (χ1n) is 6.28. The lowest BCUT2D eigenvalue weighted by molar-refractivity contribution is 0.105. The number of amides is 1. The number of ether oxygens (including phenoxy) is 2. The molecule has 1 saturated heterocycles. The maximum atomic E-state index is 11.6. The molecule has 1 aliphatic heterocycles. The minimum Gasteiger partial charge on any atom is -0.478 e. The molecule has 2 heterocycles. The molecule has 1 aromatic heterocycles. The predicted molar refractivity (Wildman–Crippen MR) is 69.4 cm³/mol. The lowest BCUT2D eigenvalue weighted by atomic mass is 10.3. The molecule has 0 atom stereocenters. The van der Waals surface area contributed by atoms with Crippen molar-refractivity contribution in [3.63, 3.8) is 0 Å². The third kappa shape index (κ3) is 3.04. The second-order valence-electron chi connectivity index (χ2n) is 4.06. The summed E-state index contributed by atoms with van der Waals surface area (Å²) in [4.78, 5) is 23.8. The van der Waals surface area contributed by atoms with Crippen LogP contribution in [0, 0.1) is 0 Å². The van der Waals surface area contributed by atoms with Crippen molar-refractivity contribution in [2.24, 2.45) is 0 Å². The third-order valence-electron chi connectivity index (χ3n) is 2.95. The molecule has 0 radical (unpaired) electrons. The van der Waals surface area contributed by atoms with Gasteiger partial charge in [0.2, 0.25) is 0 Å². The Bertz CT molecular complexity index is 433. The summed E-state index contributed by atoms with van der Waals surface area (Å²) in [6.45, 7) is 4.80. The van der Waals surface area contributed by atoms with Crippen LogP contribution in [0.5, 0.6) is 5.88 Å². The Morgan fingerprint density at radius 2 is 1.95 bits per heavy atom. The Morgan fingerprint density at radius 3 is 2.58 bits per heavy atom. The molecule has 19 heavy (non-hydrogen) atoms. The maximum Gasteiger partial charge on any atom is 0.409 e. The summed E-state index contributed by atoms with van der Waals surface area (Å²) in [7, 11) is 1.57. The zero-order chi connectivity index (χ0) is 13.7. The highest BCUT2D eigenvalue weighted by molar-refractivity contribution is 5.68. The van der Waals surface area contributed by atoms with Crippen molar-refractivity contribution in [3.05, 3.63) is 12.4 Å². The zero-order valence-corrected chi connectivity index (χ0v) is 11.2. The minimum atomic E-state index is -0.256. The summed E-state index contributed by atoms with van der Waals surface area (Å²) in [6.07, 6.45) is 2.97. The van der Waals surface area contributed by atoms with Crippen LogP contribution in [0.3, 0.4) is 0 Å². The number of hydrogen-bond acceptors (Lipinski definition) is 6. The summed E-state index contributed by atoms with van der Waals surface area (Å²) in [5.74, 6) is 1.22. The van der Waals surface area contributed by atoms with Gasteiger partial charge < -0.3 is 19.3 Å². The molecule has 104 valence electrons. The molecule has 0 bridgehead atoms. The van der Waals surface area contributed by atoms with Crippen LogP contribution in [-0.4, -0.2) is 60.9 Å². The molecule has 0 N–H and O–H groups in total. The van der Waals surface area contributed by atoms with Crippen molar-refractivity contribution in [1.29, 1.82) is 0 Å². The Balaban J connectivity index is 1.98. The molecule has 7 nitrogen and oxygen atoms in total. The van der Waals surface area contributed by atoms with Gasteiger partial charge in [-0.15, -0.1) is 0 Å². The Kier molecular flexibility index (Phi) is 4.38. The van der Waals surface area contributed by atoms with E-state index in [1.54, 1.807) is 31.3 Å². The Morgan fingerprint density at radius 1 is 1.26 bits per heavy atom. The van der Waals surface area contributed by atoms with Crippen LogP contribution in [-0.2, 0) is 4.74 Å². The summed E-state index contributed by atoms with van der Waals surface area (Å²) < 4.78 is 10.2. The normalized spacial score (nSPS) is 15.3. The van der Waals surface area contributed by atoms with Gasteiger partial charge in [0.25, 0.3) is 5.88 Å². The smallest absolute Gasteiger partial charge is 0.409 e. The van der Waals surface area contributed by atoms with Crippen LogP contribution in [0.25, 0.3) is 0 Å². The molecular weight excluding hydrogens is 248 g/mol. The molecule has 1 aromatic rings. The lowest BCUT2D eigenvalue weighted by Gasteiger charge is -2.34. The van der Waals surface area contributed by atoms with Crippen molar-refractivity contribution in [2.45, 2.75) is 6.92 Å². The molecular formula is C12H18N4O3. The molecule has 1 amide bonds. The van der Waals surface area contributed by atoms with Gasteiger partial charge in [-0.05, 0) is 6.92 Å². The number of anilines is 1. The standard InChI is InChI=1S/C12H18N4O3/c1-3-19-12(17)16-8-6-15(7-9-16)10-11(18-2)14-5-4-13-10/h4-5H,3,6-9H2,1-2H3. The van der Waals surface area contributed by atoms with E-state index in [0.29, 0.717) is 44.5 Å². The molecule has 0 unspecified atom stereocenters. The van der Waals surface area contributed by atoms with E-state index in [1.807, 2.05) is 0 Å². The number of methoxy groups -OCH3 is 1. The van der Waals surface area contributed by atoms with Gasteiger partial charge >= 0.3 is 6.09 Å². The van der Waals surface area contributed by atoms with E-state index in [9.17, 15) is 4.79 Å². The molecule has 1 fully saturated rings. The fourth-order valence-corrected chi connectivity index (χ4v) is 1.99. The summed E-state index contributed by atoms with van der Waals surface area (Å²) in [5, 5.41) is 0. The van der Waals surface area contributed by atoms with E-state index in [2.05, 4.69) is 14.9 Å². The first kappa shape index (κ1) is 13.4. The van der Waals surface area contributed by atoms with Crippen LogP contribution in [0.15, 0.2) is 12.4 Å². The lowest BCUT2D eigenvalue weighted by Crippen LogP contribution is -2.49. The monoisotopic (exact) mass is 266 g/mol. The second-order valence-corrected chi connectivity index (χ2v) is 4.06. The summed E-state index contributed by atoms with van der Waals surface area (Å²) in [5.41, 5.74) is 0. The summed E-state index contributed by atoms with van der Waals surface area (Å²) in [6, 6.07) is 0. The maximum absolute atomic E-state index is 11.6. The number of carbonyl (C=O) groups is 1. The molecule has 1 aliphatic rings. The van der Waals surface area contributed by atoms with E-state index in [-0.39, 0.29) is 6.09 Å². The fraction of sp³-hybridized carbons (Fsp3) is 0.583. The molecule has 2 rings (SSSR count). The highest BCUT2D eigenvalue weighted by Gasteiger charge is 2.24. The van der Waals surface area contributed by atoms with Gasteiger partial charge in [0.15, 0.2) is 5.82 Å². The van der Waals surface area contributed by atoms with E-state index < -0.39 is 0 Å². The summed E-state index contributed by atoms with van der Waals surface area (Å²) >= 11 is 0. The average molecular weight is 266 g/mol. The van der Waals surface area contributed by atoms with Gasteiger partial charge in [0.05, 0.1) is 13.7 Å². The van der Waals surface area contributed by atoms with Gasteiger partial charge in [0.1, 0.15) is 0 Å². The topological polar surface area (TPSA) is 67.8 Å². The van der Waals surface area contributed by atoms with Gasteiger partial charge in [-0.2, -0.15) is 0 Å². The van der Waals surface area contributed by atoms with Gasteiger partial charge in [-0.25, -0.2) is 14.8 Å². The number of carbonyl (C=O) groups excluding carboxylic acids is 1. The van der Waals surface area contributed by atoms with Gasteiger partial charge in [-0.3, -0.25) is 0 Å². The van der Waals surface area contributed by atoms with Crippen LogP contribution < -0.4 is 9.64 Å². The van der Waals surface area contributed by atoms with Gasteiger partial charge in [-0.1, -0.05) is 0 Å². The SMILES string of the molecule is CCOC(=O)N1CCN(c2nccnc2OC)CC1. The molecule has 0 saturated carbocycles. The average Bonchev–Trinajstić information content (AvgIpc) is 2.47. The van der Waals surface area contributed by atoms with Crippen LogP contribution >= 0.6 is 0 Å². The molecule has 0 aromatic carbocycles. The molecule has 7 heteroatoms. The fourth-order valence-electron chi connectivity index (χ4n) is 1.99. The van der Waals surface area contributed by atoms with Crippen molar-refractivity contribution in [3.8, 4) is 5.88 Å². The number of aromatic nitrogens is 2. The first-order valence-corrected chi connectivity index (χ1v) is 6.28. The quantitative estimate of drug-likeness (QED) is 0.804. The van der Waals surface area contributed by atoms with Crippen molar-refractivity contribution < 1.29 is 14.3 Å². The van der Waals surface area contributed by atoms with E-state index in [4.69, 9.17) is 9.47 Å².